The Morgan fingerprint density at radius 3 is 2.56 bits per heavy atom. The van der Waals surface area contributed by atoms with Crippen LogP contribution in [0.25, 0.3) is 16.8 Å². The summed E-state index contributed by atoms with van der Waals surface area (Å²) in [5.41, 5.74) is 5.45. The maximum Gasteiger partial charge on any atom is 0.0716 e. The quantitative estimate of drug-likeness (QED) is 0.579. The number of hydrogen-bond acceptors (Lipinski definition) is 1. The van der Waals surface area contributed by atoms with E-state index in [-0.39, 0.29) is 5.41 Å². The summed E-state index contributed by atoms with van der Waals surface area (Å²) in [5.74, 6) is 0. The fraction of sp³-hybridized carbons (Fsp3) is 0.250. The van der Waals surface area contributed by atoms with Gasteiger partial charge in [-0.1, -0.05) is 79.7 Å². The standard InChI is InChI=1S/C24H24O/c1-3-25-17-18-8-12-21(13-9-18)24(2)15-14-23-20(16-24)11-10-19-6-4-5-7-22(19)23/h4-15H,3,16-17H2,1-2H3. The smallest absolute Gasteiger partial charge is 0.0716 e. The van der Waals surface area contributed by atoms with Crippen LogP contribution in [0.3, 0.4) is 0 Å². The van der Waals surface area contributed by atoms with Gasteiger partial charge in [0, 0.05) is 12.0 Å². The van der Waals surface area contributed by atoms with Crippen molar-refractivity contribution in [1.29, 1.82) is 0 Å². The van der Waals surface area contributed by atoms with E-state index in [4.69, 9.17) is 4.74 Å². The van der Waals surface area contributed by atoms with Crippen LogP contribution in [0.2, 0.25) is 0 Å². The predicted molar refractivity (Wildman–Crippen MR) is 106 cm³/mol. The summed E-state index contributed by atoms with van der Waals surface area (Å²) in [6, 6.07) is 22.1. The number of ether oxygens (including phenoxy) is 1. The van der Waals surface area contributed by atoms with Crippen molar-refractivity contribution in [2.24, 2.45) is 0 Å². The molecule has 1 heteroatoms. The normalized spacial score (nSPS) is 19.1. The molecule has 0 bridgehead atoms. The first kappa shape index (κ1) is 16.1. The summed E-state index contributed by atoms with van der Waals surface area (Å²) in [5, 5.41) is 2.67. The van der Waals surface area contributed by atoms with Crippen molar-refractivity contribution in [3.8, 4) is 0 Å². The molecule has 0 amide bonds. The van der Waals surface area contributed by atoms with Gasteiger partial charge in [0.25, 0.3) is 0 Å². The van der Waals surface area contributed by atoms with Gasteiger partial charge >= 0.3 is 0 Å². The third-order valence-electron chi connectivity index (χ3n) is 5.32. The fourth-order valence-electron chi connectivity index (χ4n) is 3.81. The highest BCUT2D eigenvalue weighted by Gasteiger charge is 2.28. The van der Waals surface area contributed by atoms with Crippen LogP contribution < -0.4 is 0 Å². The summed E-state index contributed by atoms with van der Waals surface area (Å²) >= 11 is 0. The van der Waals surface area contributed by atoms with Gasteiger partial charge in [-0.15, -0.1) is 0 Å². The fourth-order valence-corrected chi connectivity index (χ4v) is 3.81. The number of rotatable bonds is 4. The molecule has 0 spiro atoms. The highest BCUT2D eigenvalue weighted by Crippen LogP contribution is 2.38. The Kier molecular flexibility index (Phi) is 4.19. The molecular formula is C24H24O. The Balaban J connectivity index is 1.67. The monoisotopic (exact) mass is 328 g/mol. The average molecular weight is 328 g/mol. The number of allylic oxidation sites excluding steroid dienone is 1. The van der Waals surface area contributed by atoms with E-state index in [2.05, 4.69) is 79.7 Å². The Hall–Kier alpha value is -2.38. The topological polar surface area (TPSA) is 9.23 Å². The third kappa shape index (κ3) is 3.01. The third-order valence-corrected chi connectivity index (χ3v) is 5.32. The molecule has 0 saturated carbocycles. The van der Waals surface area contributed by atoms with Crippen molar-refractivity contribution < 1.29 is 4.74 Å². The van der Waals surface area contributed by atoms with Gasteiger partial charge in [0.2, 0.25) is 0 Å². The van der Waals surface area contributed by atoms with Crippen LogP contribution in [0.15, 0.2) is 66.7 Å². The van der Waals surface area contributed by atoms with Crippen LogP contribution in [0.1, 0.15) is 36.1 Å². The second-order valence-corrected chi connectivity index (χ2v) is 7.12. The lowest BCUT2D eigenvalue weighted by Gasteiger charge is -2.31. The van der Waals surface area contributed by atoms with Crippen molar-refractivity contribution in [1.82, 2.24) is 0 Å². The molecule has 1 unspecified atom stereocenters. The van der Waals surface area contributed by atoms with Gasteiger partial charge in [-0.3, -0.25) is 0 Å². The highest BCUT2D eigenvalue weighted by molar-refractivity contribution is 5.92. The van der Waals surface area contributed by atoms with Crippen LogP contribution in [0, 0.1) is 0 Å². The van der Waals surface area contributed by atoms with Gasteiger partial charge in [0.05, 0.1) is 6.61 Å². The van der Waals surface area contributed by atoms with Crippen molar-refractivity contribution in [3.05, 3.63) is 89.0 Å². The van der Waals surface area contributed by atoms with Gasteiger partial charge in [0.15, 0.2) is 0 Å². The summed E-state index contributed by atoms with van der Waals surface area (Å²) in [6.45, 7) is 5.81. The average Bonchev–Trinajstić information content (AvgIpc) is 2.66. The lowest BCUT2D eigenvalue weighted by Crippen LogP contribution is -2.25. The first-order chi connectivity index (χ1) is 12.2. The van der Waals surface area contributed by atoms with Crippen LogP contribution in [0.5, 0.6) is 0 Å². The molecule has 0 fully saturated rings. The molecule has 1 aliphatic carbocycles. The Morgan fingerprint density at radius 1 is 0.960 bits per heavy atom. The molecule has 1 nitrogen and oxygen atoms in total. The Morgan fingerprint density at radius 2 is 1.76 bits per heavy atom. The second-order valence-electron chi connectivity index (χ2n) is 7.12. The largest absolute Gasteiger partial charge is 0.377 e. The molecule has 3 aromatic rings. The van der Waals surface area contributed by atoms with E-state index in [9.17, 15) is 0 Å². The zero-order chi connectivity index (χ0) is 17.3. The molecule has 25 heavy (non-hydrogen) atoms. The summed E-state index contributed by atoms with van der Waals surface area (Å²) in [6.07, 6.45) is 5.73. The minimum atomic E-state index is 0.0413. The first-order valence-electron chi connectivity index (χ1n) is 9.07. The van der Waals surface area contributed by atoms with Gasteiger partial charge in [0.1, 0.15) is 0 Å². The molecule has 0 aromatic heterocycles. The lowest BCUT2D eigenvalue weighted by molar-refractivity contribution is 0.134. The number of fused-ring (bicyclic) bond motifs is 3. The SMILES string of the molecule is CCOCc1ccc(C2(C)C=Cc3c(ccc4ccccc34)C2)cc1. The molecule has 1 aliphatic rings. The summed E-state index contributed by atoms with van der Waals surface area (Å²) in [7, 11) is 0. The van der Waals surface area contributed by atoms with Crippen molar-refractivity contribution in [2.75, 3.05) is 6.61 Å². The van der Waals surface area contributed by atoms with Gasteiger partial charge in [-0.25, -0.2) is 0 Å². The molecule has 0 heterocycles. The lowest BCUT2D eigenvalue weighted by atomic mass is 9.72. The van der Waals surface area contributed by atoms with Crippen LogP contribution in [0.4, 0.5) is 0 Å². The molecule has 0 N–H and O–H groups in total. The minimum absolute atomic E-state index is 0.0413. The number of hydrogen-bond donors (Lipinski definition) is 0. The molecule has 0 radical (unpaired) electrons. The number of benzene rings is 3. The van der Waals surface area contributed by atoms with E-state index in [0.717, 1.165) is 13.0 Å². The van der Waals surface area contributed by atoms with E-state index >= 15 is 0 Å². The molecule has 126 valence electrons. The maximum absolute atomic E-state index is 5.50. The molecule has 0 saturated heterocycles. The second kappa shape index (κ2) is 6.50. The molecular weight excluding hydrogens is 304 g/mol. The zero-order valence-electron chi connectivity index (χ0n) is 15.0. The minimum Gasteiger partial charge on any atom is -0.377 e. The van der Waals surface area contributed by atoms with E-state index in [1.54, 1.807) is 0 Å². The first-order valence-corrected chi connectivity index (χ1v) is 9.07. The highest BCUT2D eigenvalue weighted by atomic mass is 16.5. The Bertz CT molecular complexity index is 920. The van der Waals surface area contributed by atoms with Crippen LogP contribution >= 0.6 is 0 Å². The maximum atomic E-state index is 5.50. The van der Waals surface area contributed by atoms with Gasteiger partial charge in [-0.05, 0) is 46.4 Å². The molecule has 4 rings (SSSR count). The molecule has 1 atom stereocenters. The van der Waals surface area contributed by atoms with E-state index in [1.165, 1.54) is 33.0 Å². The summed E-state index contributed by atoms with van der Waals surface area (Å²) in [4.78, 5) is 0. The Labute approximate surface area is 150 Å². The molecule has 0 aliphatic heterocycles. The van der Waals surface area contributed by atoms with Gasteiger partial charge in [-0.2, -0.15) is 0 Å². The van der Waals surface area contributed by atoms with Crippen molar-refractivity contribution in [3.63, 3.8) is 0 Å². The predicted octanol–water partition coefficient (Wildman–Crippen LogP) is 5.90. The summed E-state index contributed by atoms with van der Waals surface area (Å²) < 4.78 is 5.50. The van der Waals surface area contributed by atoms with Crippen molar-refractivity contribution >= 4 is 16.8 Å². The molecule has 3 aromatic carbocycles. The van der Waals surface area contributed by atoms with Gasteiger partial charge < -0.3 is 4.74 Å². The van der Waals surface area contributed by atoms with E-state index in [1.807, 2.05) is 6.92 Å². The van der Waals surface area contributed by atoms with E-state index < -0.39 is 0 Å². The van der Waals surface area contributed by atoms with Crippen LogP contribution in [-0.4, -0.2) is 6.61 Å². The zero-order valence-corrected chi connectivity index (χ0v) is 15.0. The van der Waals surface area contributed by atoms with E-state index in [0.29, 0.717) is 6.61 Å². The van der Waals surface area contributed by atoms with Crippen LogP contribution in [-0.2, 0) is 23.2 Å². The van der Waals surface area contributed by atoms with Crippen molar-refractivity contribution in [2.45, 2.75) is 32.3 Å².